The number of aromatic nitrogens is 1. The van der Waals surface area contributed by atoms with Crippen molar-refractivity contribution in [1.82, 2.24) is 4.98 Å². The van der Waals surface area contributed by atoms with Crippen molar-refractivity contribution >= 4 is 39.7 Å². The normalized spacial score (nSPS) is 10.8. The molecule has 5 heteroatoms. The topological polar surface area (TPSA) is 84.9 Å². The zero-order valence-corrected chi connectivity index (χ0v) is 11.2. The number of ketones is 1. The predicted octanol–water partition coefficient (Wildman–Crippen LogP) is 3.22. The highest BCUT2D eigenvalue weighted by Crippen LogP contribution is 2.26. The lowest BCUT2D eigenvalue weighted by molar-refractivity contribution is 0.104. The van der Waals surface area contributed by atoms with Crippen molar-refractivity contribution in [2.45, 2.75) is 0 Å². The van der Waals surface area contributed by atoms with Gasteiger partial charge < -0.3 is 16.5 Å². The minimum atomic E-state index is -0.156. The van der Waals surface area contributed by atoms with Crippen LogP contribution in [0.5, 0.6) is 0 Å². The van der Waals surface area contributed by atoms with E-state index >= 15 is 0 Å². The third-order valence-electron chi connectivity index (χ3n) is 3.21. The highest BCUT2D eigenvalue weighted by atomic mass is 35.5. The molecule has 0 atom stereocenters. The first-order chi connectivity index (χ1) is 9.56. The molecule has 0 bridgehead atoms. The van der Waals surface area contributed by atoms with E-state index in [1.54, 1.807) is 36.5 Å². The quantitative estimate of drug-likeness (QED) is 0.499. The molecule has 3 rings (SSSR count). The minimum absolute atomic E-state index is 0.156. The molecule has 0 saturated heterocycles. The molecule has 0 aliphatic heterocycles. The first-order valence-corrected chi connectivity index (χ1v) is 6.40. The lowest BCUT2D eigenvalue weighted by Crippen LogP contribution is -2.05. The van der Waals surface area contributed by atoms with Gasteiger partial charge >= 0.3 is 0 Å². The molecule has 5 N–H and O–H groups in total. The molecule has 0 spiro atoms. The number of carbonyl (C=O) groups excluding carboxylic acids is 1. The van der Waals surface area contributed by atoms with Crippen LogP contribution in [0.25, 0.3) is 10.9 Å². The minimum Gasteiger partial charge on any atom is -0.399 e. The molecule has 1 heterocycles. The number of aromatic amines is 1. The Balaban J connectivity index is 2.15. The van der Waals surface area contributed by atoms with Gasteiger partial charge in [0.05, 0.1) is 0 Å². The Morgan fingerprint density at radius 1 is 1.05 bits per heavy atom. The van der Waals surface area contributed by atoms with Crippen LogP contribution in [0.4, 0.5) is 11.4 Å². The summed E-state index contributed by atoms with van der Waals surface area (Å²) in [4.78, 5) is 15.6. The number of nitrogen functional groups attached to an aromatic ring is 2. The van der Waals surface area contributed by atoms with E-state index < -0.39 is 0 Å². The molecule has 100 valence electrons. The highest BCUT2D eigenvalue weighted by molar-refractivity contribution is 6.31. The van der Waals surface area contributed by atoms with E-state index in [0.717, 1.165) is 10.9 Å². The van der Waals surface area contributed by atoms with E-state index in [1.807, 2.05) is 6.07 Å². The molecule has 0 aliphatic rings. The third kappa shape index (κ3) is 2.00. The Labute approximate surface area is 120 Å². The number of carbonyl (C=O) groups is 1. The SMILES string of the molecule is Nc1ccc(C(=O)c2c[nH]c3ccc(Cl)cc23)c(N)c1. The lowest BCUT2D eigenvalue weighted by Gasteiger charge is -2.05. The van der Waals surface area contributed by atoms with E-state index in [4.69, 9.17) is 23.1 Å². The summed E-state index contributed by atoms with van der Waals surface area (Å²) in [5, 5.41) is 1.36. The third-order valence-corrected chi connectivity index (χ3v) is 3.44. The number of fused-ring (bicyclic) bond motifs is 1. The lowest BCUT2D eigenvalue weighted by atomic mass is 10.0. The summed E-state index contributed by atoms with van der Waals surface area (Å²) in [6.45, 7) is 0. The van der Waals surface area contributed by atoms with Crippen molar-refractivity contribution in [2.24, 2.45) is 0 Å². The standard InChI is InChI=1S/C15H12ClN3O/c16-8-1-4-14-11(5-8)12(7-19-14)15(20)10-3-2-9(17)6-13(10)18/h1-7,19H,17-18H2. The summed E-state index contributed by atoms with van der Waals surface area (Å²) in [5.41, 5.74) is 14.2. The van der Waals surface area contributed by atoms with Crippen LogP contribution >= 0.6 is 11.6 Å². The van der Waals surface area contributed by atoms with Gasteiger partial charge in [-0.05, 0) is 36.4 Å². The molecule has 2 aromatic carbocycles. The second-order valence-corrected chi connectivity index (χ2v) is 5.00. The Hall–Kier alpha value is -2.46. The Kier molecular flexibility index (Phi) is 2.88. The van der Waals surface area contributed by atoms with Crippen LogP contribution in [0.1, 0.15) is 15.9 Å². The number of halogens is 1. The summed E-state index contributed by atoms with van der Waals surface area (Å²) in [7, 11) is 0. The van der Waals surface area contributed by atoms with E-state index in [1.165, 1.54) is 0 Å². The van der Waals surface area contributed by atoms with Crippen LogP contribution in [0.3, 0.4) is 0 Å². The average molecular weight is 286 g/mol. The van der Waals surface area contributed by atoms with Crippen LogP contribution in [-0.4, -0.2) is 10.8 Å². The van der Waals surface area contributed by atoms with Crippen LogP contribution in [0.2, 0.25) is 5.02 Å². The Morgan fingerprint density at radius 2 is 1.85 bits per heavy atom. The molecule has 20 heavy (non-hydrogen) atoms. The fourth-order valence-electron chi connectivity index (χ4n) is 2.21. The predicted molar refractivity (Wildman–Crippen MR) is 82.0 cm³/mol. The number of rotatable bonds is 2. The number of H-pyrrole nitrogens is 1. The highest BCUT2D eigenvalue weighted by Gasteiger charge is 2.16. The van der Waals surface area contributed by atoms with Crippen molar-refractivity contribution in [3.63, 3.8) is 0 Å². The molecule has 3 aromatic rings. The Morgan fingerprint density at radius 3 is 2.60 bits per heavy atom. The molecular weight excluding hydrogens is 274 g/mol. The van der Waals surface area contributed by atoms with E-state index in [0.29, 0.717) is 27.5 Å². The molecule has 0 amide bonds. The molecule has 4 nitrogen and oxygen atoms in total. The average Bonchev–Trinajstić information content (AvgIpc) is 2.81. The number of hydrogen-bond donors (Lipinski definition) is 3. The van der Waals surface area contributed by atoms with Crippen LogP contribution in [0, 0.1) is 0 Å². The maximum absolute atomic E-state index is 12.6. The fraction of sp³-hybridized carbons (Fsp3) is 0. The molecule has 0 fully saturated rings. The van der Waals surface area contributed by atoms with Gasteiger partial charge in [0, 0.05) is 44.6 Å². The van der Waals surface area contributed by atoms with Gasteiger partial charge in [-0.3, -0.25) is 4.79 Å². The van der Waals surface area contributed by atoms with E-state index in [2.05, 4.69) is 4.98 Å². The van der Waals surface area contributed by atoms with Crippen molar-refractivity contribution in [1.29, 1.82) is 0 Å². The van der Waals surface area contributed by atoms with E-state index in [9.17, 15) is 4.79 Å². The second kappa shape index (κ2) is 4.58. The fourth-order valence-corrected chi connectivity index (χ4v) is 2.39. The van der Waals surface area contributed by atoms with Crippen molar-refractivity contribution < 1.29 is 4.79 Å². The Bertz CT molecular complexity index is 823. The van der Waals surface area contributed by atoms with Crippen LogP contribution < -0.4 is 11.5 Å². The number of nitrogens with one attached hydrogen (secondary N) is 1. The largest absolute Gasteiger partial charge is 0.399 e. The van der Waals surface area contributed by atoms with Gasteiger partial charge in [0.1, 0.15) is 0 Å². The molecule has 0 aliphatic carbocycles. The van der Waals surface area contributed by atoms with Crippen molar-refractivity contribution in [2.75, 3.05) is 11.5 Å². The molecule has 0 unspecified atom stereocenters. The first kappa shape index (κ1) is 12.6. The van der Waals surface area contributed by atoms with Gasteiger partial charge in [-0.1, -0.05) is 11.6 Å². The summed E-state index contributed by atoms with van der Waals surface area (Å²) in [6, 6.07) is 10.2. The van der Waals surface area contributed by atoms with Crippen molar-refractivity contribution in [3.8, 4) is 0 Å². The van der Waals surface area contributed by atoms with Gasteiger partial charge in [0.15, 0.2) is 5.78 Å². The summed E-state index contributed by atoms with van der Waals surface area (Å²) >= 11 is 5.98. The maximum atomic E-state index is 12.6. The number of anilines is 2. The zero-order valence-electron chi connectivity index (χ0n) is 10.5. The second-order valence-electron chi connectivity index (χ2n) is 4.57. The van der Waals surface area contributed by atoms with E-state index in [-0.39, 0.29) is 5.78 Å². The zero-order chi connectivity index (χ0) is 14.3. The molecular formula is C15H12ClN3O. The van der Waals surface area contributed by atoms with Gasteiger partial charge in [0.2, 0.25) is 0 Å². The van der Waals surface area contributed by atoms with Crippen molar-refractivity contribution in [3.05, 3.63) is 58.7 Å². The first-order valence-electron chi connectivity index (χ1n) is 6.02. The van der Waals surface area contributed by atoms with Gasteiger partial charge in [-0.2, -0.15) is 0 Å². The van der Waals surface area contributed by atoms with Crippen LogP contribution in [0.15, 0.2) is 42.6 Å². The smallest absolute Gasteiger partial charge is 0.197 e. The number of benzene rings is 2. The number of hydrogen-bond acceptors (Lipinski definition) is 3. The summed E-state index contributed by atoms with van der Waals surface area (Å²) < 4.78 is 0. The maximum Gasteiger partial charge on any atom is 0.197 e. The molecule has 0 radical (unpaired) electrons. The van der Waals surface area contributed by atoms with Gasteiger partial charge in [-0.25, -0.2) is 0 Å². The van der Waals surface area contributed by atoms with Gasteiger partial charge in [-0.15, -0.1) is 0 Å². The van der Waals surface area contributed by atoms with Crippen LogP contribution in [-0.2, 0) is 0 Å². The summed E-state index contributed by atoms with van der Waals surface area (Å²) in [5.74, 6) is -0.156. The van der Waals surface area contributed by atoms with Gasteiger partial charge in [0.25, 0.3) is 0 Å². The molecule has 1 aromatic heterocycles. The monoisotopic (exact) mass is 285 g/mol. The molecule has 0 saturated carbocycles. The number of nitrogens with two attached hydrogens (primary N) is 2. The summed E-state index contributed by atoms with van der Waals surface area (Å²) in [6.07, 6.45) is 1.67.